The molecular formula is C12H14N2OS. The van der Waals surface area contributed by atoms with Gasteiger partial charge >= 0.3 is 0 Å². The van der Waals surface area contributed by atoms with Crippen molar-refractivity contribution in [1.82, 2.24) is 0 Å². The maximum Gasteiger partial charge on any atom is 0.226 e. The molecule has 0 bridgehead atoms. The van der Waals surface area contributed by atoms with Gasteiger partial charge in [0.2, 0.25) is 5.91 Å². The summed E-state index contributed by atoms with van der Waals surface area (Å²) in [6.07, 6.45) is 2.63. The van der Waals surface area contributed by atoms with Gasteiger partial charge in [0.05, 0.1) is 5.69 Å². The van der Waals surface area contributed by atoms with E-state index in [9.17, 15) is 4.79 Å². The Labute approximate surface area is 100 Å². The van der Waals surface area contributed by atoms with Gasteiger partial charge in [-0.3, -0.25) is 4.79 Å². The van der Waals surface area contributed by atoms with Crippen LogP contribution in [0.4, 0.5) is 5.69 Å². The molecule has 0 aliphatic carbocycles. The third-order valence-electron chi connectivity index (χ3n) is 2.78. The zero-order valence-corrected chi connectivity index (χ0v) is 9.80. The van der Waals surface area contributed by atoms with E-state index in [0.29, 0.717) is 11.4 Å². The summed E-state index contributed by atoms with van der Waals surface area (Å²) < 4.78 is 0. The molecule has 0 spiro atoms. The smallest absolute Gasteiger partial charge is 0.226 e. The number of carbonyl (C=O) groups is 1. The highest BCUT2D eigenvalue weighted by molar-refractivity contribution is 7.80. The van der Waals surface area contributed by atoms with Crippen LogP contribution in [0.1, 0.15) is 24.8 Å². The number of carbonyl (C=O) groups excluding carboxylic acids is 1. The van der Waals surface area contributed by atoms with Crippen molar-refractivity contribution in [2.24, 2.45) is 5.73 Å². The Morgan fingerprint density at radius 1 is 1.31 bits per heavy atom. The lowest BCUT2D eigenvalue weighted by molar-refractivity contribution is -0.119. The van der Waals surface area contributed by atoms with Gasteiger partial charge in [0, 0.05) is 18.5 Å². The molecule has 1 aliphatic rings. The molecule has 0 atom stereocenters. The lowest BCUT2D eigenvalue weighted by atomic mass is 10.1. The number of thiocarbonyl (C=S) groups is 1. The van der Waals surface area contributed by atoms with Crippen molar-refractivity contribution < 1.29 is 4.79 Å². The van der Waals surface area contributed by atoms with Crippen molar-refractivity contribution in [2.75, 3.05) is 11.4 Å². The molecule has 1 saturated heterocycles. The third-order valence-corrected chi connectivity index (χ3v) is 3.00. The molecule has 4 heteroatoms. The molecule has 1 aliphatic heterocycles. The first-order valence-corrected chi connectivity index (χ1v) is 5.80. The largest absolute Gasteiger partial charge is 0.389 e. The summed E-state index contributed by atoms with van der Waals surface area (Å²) in [4.78, 5) is 13.9. The van der Waals surface area contributed by atoms with Gasteiger partial charge in [-0.2, -0.15) is 0 Å². The van der Waals surface area contributed by atoms with Gasteiger partial charge < -0.3 is 10.6 Å². The molecule has 0 aromatic heterocycles. The minimum Gasteiger partial charge on any atom is -0.389 e. The van der Waals surface area contributed by atoms with Gasteiger partial charge in [-0.05, 0) is 25.0 Å². The lowest BCUT2D eigenvalue weighted by Crippen LogP contribution is -2.36. The van der Waals surface area contributed by atoms with Crippen LogP contribution in [0, 0.1) is 0 Å². The first-order chi connectivity index (χ1) is 7.70. The zero-order chi connectivity index (χ0) is 11.5. The number of piperidine rings is 1. The van der Waals surface area contributed by atoms with Crippen molar-refractivity contribution in [2.45, 2.75) is 19.3 Å². The highest BCUT2D eigenvalue weighted by Crippen LogP contribution is 2.24. The number of rotatable bonds is 2. The Kier molecular flexibility index (Phi) is 3.19. The van der Waals surface area contributed by atoms with E-state index < -0.39 is 0 Å². The standard InChI is InChI=1S/C12H14N2OS/c13-12(16)9-5-1-2-6-10(9)14-8-4-3-7-11(14)15/h1-2,5-6H,3-4,7-8H2,(H2,13,16). The summed E-state index contributed by atoms with van der Waals surface area (Å²) in [5.41, 5.74) is 7.29. The maximum absolute atomic E-state index is 11.8. The molecule has 16 heavy (non-hydrogen) atoms. The fourth-order valence-corrected chi connectivity index (χ4v) is 2.15. The summed E-state index contributed by atoms with van der Waals surface area (Å²) in [5.74, 6) is 0.162. The highest BCUT2D eigenvalue weighted by atomic mass is 32.1. The average Bonchev–Trinajstić information content (AvgIpc) is 2.29. The Hall–Kier alpha value is -1.42. The molecular weight excluding hydrogens is 220 g/mol. The molecule has 1 fully saturated rings. The monoisotopic (exact) mass is 234 g/mol. The van der Waals surface area contributed by atoms with Gasteiger partial charge in [-0.25, -0.2) is 0 Å². The average molecular weight is 234 g/mol. The number of anilines is 1. The van der Waals surface area contributed by atoms with Crippen molar-refractivity contribution in [3.05, 3.63) is 29.8 Å². The lowest BCUT2D eigenvalue weighted by Gasteiger charge is -2.28. The minimum absolute atomic E-state index is 0.162. The van der Waals surface area contributed by atoms with Crippen LogP contribution in [-0.4, -0.2) is 17.4 Å². The highest BCUT2D eigenvalue weighted by Gasteiger charge is 2.21. The normalized spacial score (nSPS) is 16.2. The van der Waals surface area contributed by atoms with Crippen molar-refractivity contribution in [3.8, 4) is 0 Å². The number of nitrogens with two attached hydrogens (primary N) is 1. The minimum atomic E-state index is 0.162. The summed E-state index contributed by atoms with van der Waals surface area (Å²) >= 11 is 5.00. The molecule has 1 aromatic carbocycles. The molecule has 84 valence electrons. The number of amides is 1. The number of hydrogen-bond acceptors (Lipinski definition) is 2. The van der Waals surface area contributed by atoms with E-state index in [-0.39, 0.29) is 5.91 Å². The molecule has 0 radical (unpaired) electrons. The van der Waals surface area contributed by atoms with Crippen LogP contribution in [0.15, 0.2) is 24.3 Å². The molecule has 1 heterocycles. The molecule has 2 rings (SSSR count). The fourth-order valence-electron chi connectivity index (χ4n) is 1.98. The topological polar surface area (TPSA) is 46.3 Å². The Morgan fingerprint density at radius 2 is 2.06 bits per heavy atom. The summed E-state index contributed by atoms with van der Waals surface area (Å²) in [6.45, 7) is 0.762. The number of para-hydroxylation sites is 1. The molecule has 0 unspecified atom stereocenters. The Morgan fingerprint density at radius 3 is 2.75 bits per heavy atom. The van der Waals surface area contributed by atoms with E-state index in [4.69, 9.17) is 18.0 Å². The van der Waals surface area contributed by atoms with Crippen LogP contribution in [-0.2, 0) is 4.79 Å². The summed E-state index contributed by atoms with van der Waals surface area (Å²) in [6, 6.07) is 7.54. The molecule has 0 saturated carbocycles. The third kappa shape index (κ3) is 2.07. The SMILES string of the molecule is NC(=S)c1ccccc1N1CCCCC1=O. The summed E-state index contributed by atoms with van der Waals surface area (Å²) in [5, 5.41) is 0. The van der Waals surface area contributed by atoms with E-state index in [1.807, 2.05) is 24.3 Å². The van der Waals surface area contributed by atoms with E-state index >= 15 is 0 Å². The van der Waals surface area contributed by atoms with Crippen LogP contribution in [0.5, 0.6) is 0 Å². The molecule has 1 aromatic rings. The quantitative estimate of drug-likeness (QED) is 0.794. The van der Waals surface area contributed by atoms with E-state index in [1.165, 1.54) is 0 Å². The van der Waals surface area contributed by atoms with Crippen molar-refractivity contribution in [1.29, 1.82) is 0 Å². The van der Waals surface area contributed by atoms with Crippen LogP contribution >= 0.6 is 12.2 Å². The van der Waals surface area contributed by atoms with Crippen molar-refractivity contribution in [3.63, 3.8) is 0 Å². The molecule has 3 nitrogen and oxygen atoms in total. The second-order valence-corrected chi connectivity index (χ2v) is 4.32. The first-order valence-electron chi connectivity index (χ1n) is 5.39. The zero-order valence-electron chi connectivity index (χ0n) is 8.98. The predicted molar refractivity (Wildman–Crippen MR) is 68.5 cm³/mol. The van der Waals surface area contributed by atoms with E-state index in [0.717, 1.165) is 30.6 Å². The van der Waals surface area contributed by atoms with Gasteiger partial charge in [0.15, 0.2) is 0 Å². The van der Waals surface area contributed by atoms with Crippen LogP contribution < -0.4 is 10.6 Å². The molecule has 2 N–H and O–H groups in total. The molecule has 1 amide bonds. The van der Waals surface area contributed by atoms with Gasteiger partial charge in [0.1, 0.15) is 4.99 Å². The van der Waals surface area contributed by atoms with E-state index in [1.54, 1.807) is 4.90 Å². The maximum atomic E-state index is 11.8. The Balaban J connectivity index is 2.38. The predicted octanol–water partition coefficient (Wildman–Crippen LogP) is 1.84. The second-order valence-electron chi connectivity index (χ2n) is 3.88. The van der Waals surface area contributed by atoms with Crippen LogP contribution in [0.25, 0.3) is 0 Å². The Bertz CT molecular complexity index is 431. The fraction of sp³-hybridized carbons (Fsp3) is 0.333. The summed E-state index contributed by atoms with van der Waals surface area (Å²) in [7, 11) is 0. The van der Waals surface area contributed by atoms with Gasteiger partial charge in [-0.15, -0.1) is 0 Å². The van der Waals surface area contributed by atoms with Gasteiger partial charge in [-0.1, -0.05) is 24.4 Å². The number of hydrogen-bond donors (Lipinski definition) is 1. The first kappa shape index (κ1) is 11.1. The van der Waals surface area contributed by atoms with Gasteiger partial charge in [0.25, 0.3) is 0 Å². The second kappa shape index (κ2) is 4.61. The van der Waals surface area contributed by atoms with Crippen LogP contribution in [0.2, 0.25) is 0 Å². The number of benzene rings is 1. The van der Waals surface area contributed by atoms with Crippen molar-refractivity contribution >= 4 is 28.8 Å². The van der Waals surface area contributed by atoms with Crippen LogP contribution in [0.3, 0.4) is 0 Å². The van der Waals surface area contributed by atoms with E-state index in [2.05, 4.69) is 0 Å². The number of nitrogens with zero attached hydrogens (tertiary/aromatic N) is 1.